The zero-order valence-corrected chi connectivity index (χ0v) is 14.8. The van der Waals surface area contributed by atoms with Gasteiger partial charge in [-0.05, 0) is 55.5 Å². The van der Waals surface area contributed by atoms with Crippen LogP contribution in [0.2, 0.25) is 0 Å². The van der Waals surface area contributed by atoms with Crippen LogP contribution in [-0.2, 0) is 10.0 Å². The molecule has 0 saturated heterocycles. The van der Waals surface area contributed by atoms with Gasteiger partial charge in [0.25, 0.3) is 10.0 Å². The van der Waals surface area contributed by atoms with Crippen LogP contribution in [0.1, 0.15) is 5.69 Å². The number of hydrogen-bond donors (Lipinski definition) is 0. The topological polar surface area (TPSA) is 85.9 Å². The summed E-state index contributed by atoms with van der Waals surface area (Å²) in [6, 6.07) is 11.4. The molecule has 1 aromatic heterocycles. The second kappa shape index (κ2) is 7.04. The average Bonchev–Trinajstić information content (AvgIpc) is 3.02. The minimum atomic E-state index is -3.93. The number of hydrogen-bond acceptors (Lipinski definition) is 6. The summed E-state index contributed by atoms with van der Waals surface area (Å²) in [5.74, 6) is 0.174. The molecule has 26 heavy (non-hydrogen) atoms. The maximum atomic E-state index is 13.0. The summed E-state index contributed by atoms with van der Waals surface area (Å²) in [6.45, 7) is 1.62. The van der Waals surface area contributed by atoms with Crippen LogP contribution in [0.4, 0.5) is 15.8 Å². The van der Waals surface area contributed by atoms with Crippen molar-refractivity contribution in [3.05, 3.63) is 66.2 Å². The molecule has 2 aromatic carbocycles. The Morgan fingerprint density at radius 3 is 2.31 bits per heavy atom. The molecule has 134 valence electrons. The number of ether oxygens (including phenoxy) is 1. The molecule has 0 aliphatic carbocycles. The lowest BCUT2D eigenvalue weighted by Gasteiger charge is -2.03. The van der Waals surface area contributed by atoms with Crippen LogP contribution in [0.5, 0.6) is 5.75 Å². The molecule has 1 heterocycles. The number of azo groups is 1. The predicted molar refractivity (Wildman–Crippen MR) is 93.1 cm³/mol. The molecular weight excluding hydrogens is 359 g/mol. The molecule has 0 amide bonds. The van der Waals surface area contributed by atoms with E-state index in [0.29, 0.717) is 22.8 Å². The molecule has 0 atom stereocenters. The van der Waals surface area contributed by atoms with Crippen LogP contribution in [-0.4, -0.2) is 24.7 Å². The first-order valence-corrected chi connectivity index (χ1v) is 8.97. The van der Waals surface area contributed by atoms with Gasteiger partial charge in [0.05, 0.1) is 29.6 Å². The van der Waals surface area contributed by atoms with Crippen LogP contribution >= 0.6 is 0 Å². The van der Waals surface area contributed by atoms with Crippen molar-refractivity contribution in [2.45, 2.75) is 11.8 Å². The molecule has 0 aliphatic heterocycles. The summed E-state index contributed by atoms with van der Waals surface area (Å²) in [7, 11) is -2.36. The Bertz CT molecular complexity index is 1040. The Balaban J connectivity index is 1.88. The first-order valence-electron chi connectivity index (χ1n) is 7.53. The average molecular weight is 374 g/mol. The first-order chi connectivity index (χ1) is 12.4. The highest BCUT2D eigenvalue weighted by Gasteiger charge is 2.19. The van der Waals surface area contributed by atoms with Crippen molar-refractivity contribution in [1.82, 2.24) is 9.19 Å². The molecule has 0 unspecified atom stereocenters. The van der Waals surface area contributed by atoms with Crippen molar-refractivity contribution in [2.75, 3.05) is 7.11 Å². The van der Waals surface area contributed by atoms with Gasteiger partial charge in [0.15, 0.2) is 0 Å². The minimum Gasteiger partial charge on any atom is -0.497 e. The summed E-state index contributed by atoms with van der Waals surface area (Å²) in [5.41, 5.74) is 1.29. The van der Waals surface area contributed by atoms with E-state index in [1.807, 2.05) is 0 Å². The highest BCUT2D eigenvalue weighted by molar-refractivity contribution is 7.89. The van der Waals surface area contributed by atoms with E-state index in [-0.39, 0.29) is 4.90 Å². The molecule has 0 radical (unpaired) electrons. The van der Waals surface area contributed by atoms with Crippen LogP contribution in [0.3, 0.4) is 0 Å². The van der Waals surface area contributed by atoms with E-state index in [1.165, 1.54) is 18.3 Å². The molecule has 7 nitrogen and oxygen atoms in total. The number of aryl methyl sites for hydroxylation is 1. The van der Waals surface area contributed by atoms with Crippen LogP contribution in [0, 0.1) is 12.7 Å². The Morgan fingerprint density at radius 2 is 1.69 bits per heavy atom. The summed E-state index contributed by atoms with van der Waals surface area (Å²) in [5, 5.41) is 12.1. The lowest BCUT2D eigenvalue weighted by Crippen LogP contribution is -2.13. The zero-order valence-electron chi connectivity index (χ0n) is 14.0. The maximum absolute atomic E-state index is 13.0. The molecular formula is C17H15FN4O3S. The Labute approximate surface area is 149 Å². The van der Waals surface area contributed by atoms with E-state index in [9.17, 15) is 12.8 Å². The van der Waals surface area contributed by atoms with E-state index < -0.39 is 15.8 Å². The van der Waals surface area contributed by atoms with Crippen molar-refractivity contribution < 1.29 is 17.5 Å². The van der Waals surface area contributed by atoms with Crippen molar-refractivity contribution in [3.8, 4) is 5.75 Å². The molecule has 3 rings (SSSR count). The number of rotatable bonds is 5. The third-order valence-corrected chi connectivity index (χ3v) is 5.10. The van der Waals surface area contributed by atoms with Gasteiger partial charge in [-0.1, -0.05) is 0 Å². The van der Waals surface area contributed by atoms with Crippen LogP contribution in [0.25, 0.3) is 0 Å². The summed E-state index contributed by atoms with van der Waals surface area (Å²) >= 11 is 0. The van der Waals surface area contributed by atoms with Crippen molar-refractivity contribution >= 4 is 21.4 Å². The maximum Gasteiger partial charge on any atom is 0.283 e. The SMILES string of the molecule is COc1ccc(N=Nc2cn(S(=O)(=O)c3ccc(F)cc3)nc2C)cc1. The molecule has 0 N–H and O–H groups in total. The number of aromatic nitrogens is 2. The molecule has 0 bridgehead atoms. The van der Waals surface area contributed by atoms with Gasteiger partial charge in [-0.3, -0.25) is 0 Å². The summed E-state index contributed by atoms with van der Waals surface area (Å²) in [4.78, 5) is -0.0694. The van der Waals surface area contributed by atoms with Gasteiger partial charge in [0, 0.05) is 0 Å². The van der Waals surface area contributed by atoms with Gasteiger partial charge in [-0.2, -0.15) is 22.7 Å². The number of nitrogens with zero attached hydrogens (tertiary/aromatic N) is 4. The second-order valence-electron chi connectivity index (χ2n) is 5.33. The van der Waals surface area contributed by atoms with Crippen LogP contribution < -0.4 is 4.74 Å². The Morgan fingerprint density at radius 1 is 1.04 bits per heavy atom. The number of methoxy groups -OCH3 is 1. The van der Waals surface area contributed by atoms with E-state index >= 15 is 0 Å². The molecule has 0 aliphatic rings. The largest absolute Gasteiger partial charge is 0.497 e. The smallest absolute Gasteiger partial charge is 0.283 e. The lowest BCUT2D eigenvalue weighted by molar-refractivity contribution is 0.415. The van der Waals surface area contributed by atoms with Gasteiger partial charge < -0.3 is 4.74 Å². The molecule has 0 spiro atoms. The predicted octanol–water partition coefficient (Wildman–Crippen LogP) is 3.99. The molecule has 0 fully saturated rings. The monoisotopic (exact) mass is 374 g/mol. The fourth-order valence-corrected chi connectivity index (χ4v) is 3.29. The van der Waals surface area contributed by atoms with Gasteiger partial charge in [0.2, 0.25) is 0 Å². The van der Waals surface area contributed by atoms with Gasteiger partial charge in [-0.25, -0.2) is 4.39 Å². The molecule has 3 aromatic rings. The number of halogens is 1. The van der Waals surface area contributed by atoms with Gasteiger partial charge >= 0.3 is 0 Å². The quantitative estimate of drug-likeness (QED) is 0.632. The van der Waals surface area contributed by atoms with E-state index in [4.69, 9.17) is 4.74 Å². The molecule has 9 heteroatoms. The fraction of sp³-hybridized carbons (Fsp3) is 0.118. The Kier molecular flexibility index (Phi) is 4.81. The molecule has 0 saturated carbocycles. The van der Waals surface area contributed by atoms with E-state index in [2.05, 4.69) is 15.3 Å². The van der Waals surface area contributed by atoms with Gasteiger partial charge in [-0.15, -0.1) is 5.11 Å². The summed E-state index contributed by atoms with van der Waals surface area (Å²) in [6.07, 6.45) is 1.26. The van der Waals surface area contributed by atoms with Gasteiger partial charge in [0.1, 0.15) is 17.3 Å². The number of benzene rings is 2. The third kappa shape index (κ3) is 3.62. The van der Waals surface area contributed by atoms with E-state index in [0.717, 1.165) is 16.2 Å². The third-order valence-electron chi connectivity index (χ3n) is 3.56. The van der Waals surface area contributed by atoms with Crippen LogP contribution in [0.15, 0.2) is 69.9 Å². The zero-order chi connectivity index (χ0) is 18.7. The minimum absolute atomic E-state index is 0.0694. The lowest BCUT2D eigenvalue weighted by atomic mass is 10.3. The van der Waals surface area contributed by atoms with Crippen molar-refractivity contribution in [1.29, 1.82) is 0 Å². The first kappa shape index (κ1) is 17.7. The normalized spacial score (nSPS) is 11.8. The standard InChI is InChI=1S/C17H15FN4O3S/c1-12-17(20-19-14-5-7-15(25-2)8-6-14)11-22(21-12)26(23,24)16-9-3-13(18)4-10-16/h3-11H,1-2H3. The Hall–Kier alpha value is -3.07. The fourth-order valence-electron chi connectivity index (χ4n) is 2.12. The van der Waals surface area contributed by atoms with E-state index in [1.54, 1.807) is 38.3 Å². The highest BCUT2D eigenvalue weighted by atomic mass is 32.2. The van der Waals surface area contributed by atoms with Crippen molar-refractivity contribution in [3.63, 3.8) is 0 Å². The highest BCUT2D eigenvalue weighted by Crippen LogP contribution is 2.24. The van der Waals surface area contributed by atoms with Crippen molar-refractivity contribution in [2.24, 2.45) is 10.2 Å². The second-order valence-corrected chi connectivity index (χ2v) is 7.12. The summed E-state index contributed by atoms with van der Waals surface area (Å²) < 4.78 is 44.0.